The van der Waals surface area contributed by atoms with Gasteiger partial charge in [-0.2, -0.15) is 13.2 Å². The first-order chi connectivity index (χ1) is 14.2. The van der Waals surface area contributed by atoms with Gasteiger partial charge in [-0.1, -0.05) is 48.0 Å². The monoisotopic (exact) mass is 436 g/mol. The Balaban J connectivity index is 1.71. The summed E-state index contributed by atoms with van der Waals surface area (Å²) in [5.74, 6) is 0.0809. The van der Waals surface area contributed by atoms with E-state index in [9.17, 15) is 18.0 Å². The maximum atomic E-state index is 13.3. The third kappa shape index (κ3) is 3.71. The zero-order valence-corrected chi connectivity index (χ0v) is 17.4. The highest BCUT2D eigenvalue weighted by Gasteiger charge is 2.50. The van der Waals surface area contributed by atoms with Gasteiger partial charge in [0.2, 0.25) is 0 Å². The van der Waals surface area contributed by atoms with Crippen LogP contribution < -0.4 is 5.32 Å². The summed E-state index contributed by atoms with van der Waals surface area (Å²) in [6.07, 6.45) is -0.566. The standard InChI is InChI=1S/C23H24ClF3N2O/c1-29-14-15-10-12-22(29,13-11-15)20(16-6-3-2-4-7-16)28-21(30)17-8-5-9-18(19(17)24)23(25,26)27/h2-9,15,20H,10-14H2,1H3,(H,28,30)/t15?,20-,22?/m1/s1. The highest BCUT2D eigenvalue weighted by atomic mass is 35.5. The van der Waals surface area contributed by atoms with Gasteiger partial charge in [0.25, 0.3) is 5.91 Å². The van der Waals surface area contributed by atoms with Crippen LogP contribution in [0.15, 0.2) is 48.5 Å². The minimum atomic E-state index is -4.62. The van der Waals surface area contributed by atoms with Crippen molar-refractivity contribution in [3.63, 3.8) is 0 Å². The van der Waals surface area contributed by atoms with Gasteiger partial charge in [-0.05, 0) is 56.3 Å². The van der Waals surface area contributed by atoms with E-state index in [2.05, 4.69) is 17.3 Å². The van der Waals surface area contributed by atoms with E-state index in [1.807, 2.05) is 30.3 Å². The lowest BCUT2D eigenvalue weighted by molar-refractivity contribution is -0.137. The van der Waals surface area contributed by atoms with E-state index in [1.165, 1.54) is 12.1 Å². The molecular weight excluding hydrogens is 413 g/mol. The number of amides is 1. The zero-order valence-electron chi connectivity index (χ0n) is 16.7. The molecule has 0 unspecified atom stereocenters. The number of nitrogens with one attached hydrogen (secondary N) is 1. The van der Waals surface area contributed by atoms with Crippen molar-refractivity contribution in [2.24, 2.45) is 5.92 Å². The van der Waals surface area contributed by atoms with E-state index in [0.29, 0.717) is 5.92 Å². The van der Waals surface area contributed by atoms with Crippen LogP contribution in [0.1, 0.15) is 53.2 Å². The Hall–Kier alpha value is -2.05. The van der Waals surface area contributed by atoms with Gasteiger partial charge < -0.3 is 5.32 Å². The summed E-state index contributed by atoms with van der Waals surface area (Å²) in [6, 6.07) is 12.8. The number of hydrogen-bond donors (Lipinski definition) is 1. The van der Waals surface area contributed by atoms with Gasteiger partial charge in [0.15, 0.2) is 0 Å². The molecule has 2 aromatic carbocycles. The molecule has 2 aromatic rings. The van der Waals surface area contributed by atoms with Gasteiger partial charge in [-0.25, -0.2) is 0 Å². The lowest BCUT2D eigenvalue weighted by Crippen LogP contribution is -2.62. The minimum absolute atomic E-state index is 0.157. The van der Waals surface area contributed by atoms with Gasteiger partial charge >= 0.3 is 6.18 Å². The third-order valence-corrected chi connectivity index (χ3v) is 7.16. The van der Waals surface area contributed by atoms with E-state index in [-0.39, 0.29) is 17.1 Å². The van der Waals surface area contributed by atoms with E-state index in [0.717, 1.165) is 43.9 Å². The number of nitrogens with zero attached hydrogens (tertiary/aromatic N) is 1. The van der Waals surface area contributed by atoms with Crippen LogP contribution in [0.2, 0.25) is 5.02 Å². The fraction of sp³-hybridized carbons (Fsp3) is 0.435. The van der Waals surface area contributed by atoms with Gasteiger partial charge in [0.05, 0.1) is 22.2 Å². The molecule has 1 N–H and O–H groups in total. The summed E-state index contributed by atoms with van der Waals surface area (Å²) in [5.41, 5.74) is -0.474. The molecule has 0 aromatic heterocycles. The van der Waals surface area contributed by atoms with Crippen LogP contribution in [-0.2, 0) is 6.18 Å². The van der Waals surface area contributed by atoms with Gasteiger partial charge in [0, 0.05) is 12.1 Å². The second kappa shape index (κ2) is 7.89. The van der Waals surface area contributed by atoms with Crippen LogP contribution in [0, 0.1) is 5.92 Å². The lowest BCUT2D eigenvalue weighted by Gasteiger charge is -2.57. The first-order valence-electron chi connectivity index (χ1n) is 10.1. The summed E-state index contributed by atoms with van der Waals surface area (Å²) in [7, 11) is 2.07. The summed E-state index contributed by atoms with van der Waals surface area (Å²) in [4.78, 5) is 15.5. The van der Waals surface area contributed by atoms with E-state index < -0.39 is 22.7 Å². The maximum Gasteiger partial charge on any atom is 0.417 e. The average Bonchev–Trinajstić information content (AvgIpc) is 2.72. The molecule has 1 saturated carbocycles. The van der Waals surface area contributed by atoms with Crippen molar-refractivity contribution in [3.8, 4) is 0 Å². The molecule has 3 nitrogen and oxygen atoms in total. The molecule has 7 heteroatoms. The number of benzene rings is 2. The summed E-state index contributed by atoms with van der Waals surface area (Å²) in [6.45, 7) is 0.962. The Morgan fingerprint density at radius 3 is 2.40 bits per heavy atom. The van der Waals surface area contributed by atoms with Crippen molar-refractivity contribution in [1.82, 2.24) is 10.2 Å². The fourth-order valence-corrected chi connectivity index (χ4v) is 5.45. The molecule has 0 radical (unpaired) electrons. The van der Waals surface area contributed by atoms with Crippen molar-refractivity contribution in [1.29, 1.82) is 0 Å². The number of halogens is 4. The number of rotatable bonds is 4. The molecule has 1 atom stereocenters. The summed E-state index contributed by atoms with van der Waals surface area (Å²) in [5, 5.41) is 2.49. The number of fused-ring (bicyclic) bond motifs is 3. The van der Waals surface area contributed by atoms with Crippen molar-refractivity contribution in [2.75, 3.05) is 13.6 Å². The summed E-state index contributed by atoms with van der Waals surface area (Å²) < 4.78 is 39.8. The normalized spacial score (nSPS) is 25.2. The molecule has 1 amide bonds. The van der Waals surface area contributed by atoms with E-state index in [1.54, 1.807) is 0 Å². The maximum absolute atomic E-state index is 13.3. The number of alkyl halides is 3. The number of hydrogen-bond acceptors (Lipinski definition) is 2. The smallest absolute Gasteiger partial charge is 0.343 e. The highest BCUT2D eigenvalue weighted by Crippen LogP contribution is 2.49. The molecule has 30 heavy (non-hydrogen) atoms. The second-order valence-electron chi connectivity index (χ2n) is 8.41. The Kier molecular flexibility index (Phi) is 5.58. The number of carbonyl (C=O) groups excluding carboxylic acids is 1. The highest BCUT2D eigenvalue weighted by molar-refractivity contribution is 6.34. The molecule has 5 rings (SSSR count). The Morgan fingerprint density at radius 2 is 1.80 bits per heavy atom. The first kappa shape index (κ1) is 21.2. The molecule has 0 spiro atoms. The molecule has 2 saturated heterocycles. The molecule has 3 fully saturated rings. The van der Waals surface area contributed by atoms with Crippen molar-refractivity contribution >= 4 is 17.5 Å². The topological polar surface area (TPSA) is 32.3 Å². The number of piperidine rings is 2. The Labute approximate surface area is 179 Å². The molecule has 3 aliphatic rings. The lowest BCUT2D eigenvalue weighted by atomic mass is 9.66. The average molecular weight is 437 g/mol. The van der Waals surface area contributed by atoms with Crippen LogP contribution >= 0.6 is 11.6 Å². The van der Waals surface area contributed by atoms with Crippen LogP contribution in [0.25, 0.3) is 0 Å². The van der Waals surface area contributed by atoms with E-state index >= 15 is 0 Å². The van der Waals surface area contributed by atoms with Crippen molar-refractivity contribution in [3.05, 3.63) is 70.2 Å². The van der Waals surface area contributed by atoms with Gasteiger partial charge in [-0.15, -0.1) is 0 Å². The van der Waals surface area contributed by atoms with Crippen molar-refractivity contribution in [2.45, 2.75) is 43.4 Å². The molecular formula is C23H24ClF3N2O. The first-order valence-corrected chi connectivity index (χ1v) is 10.5. The molecule has 160 valence electrons. The number of carbonyl (C=O) groups is 1. The molecule has 1 aliphatic carbocycles. The molecule has 2 bridgehead atoms. The second-order valence-corrected chi connectivity index (χ2v) is 8.79. The Bertz CT molecular complexity index is 924. The predicted molar refractivity (Wildman–Crippen MR) is 110 cm³/mol. The van der Waals surface area contributed by atoms with Crippen LogP contribution in [0.3, 0.4) is 0 Å². The SMILES string of the molecule is CN1CC2CCC1([C@H](NC(=O)c1cccc(C(F)(F)F)c1Cl)c1ccccc1)CC2. The van der Waals surface area contributed by atoms with Crippen LogP contribution in [0.4, 0.5) is 13.2 Å². The van der Waals surface area contributed by atoms with Gasteiger partial charge in [0.1, 0.15) is 0 Å². The van der Waals surface area contributed by atoms with Crippen LogP contribution in [-0.4, -0.2) is 29.9 Å². The number of likely N-dealkylation sites (N-methyl/N-ethyl adjacent to an activating group) is 1. The minimum Gasteiger partial charge on any atom is -0.343 e. The van der Waals surface area contributed by atoms with E-state index in [4.69, 9.17) is 11.6 Å². The largest absolute Gasteiger partial charge is 0.417 e. The van der Waals surface area contributed by atoms with Crippen molar-refractivity contribution < 1.29 is 18.0 Å². The van der Waals surface area contributed by atoms with Crippen LogP contribution in [0.5, 0.6) is 0 Å². The zero-order chi connectivity index (χ0) is 21.5. The fourth-order valence-electron chi connectivity index (χ4n) is 5.13. The molecule has 2 heterocycles. The molecule has 2 aliphatic heterocycles. The summed E-state index contributed by atoms with van der Waals surface area (Å²) >= 11 is 6.02. The Morgan fingerprint density at radius 1 is 1.13 bits per heavy atom. The predicted octanol–water partition coefficient (Wildman–Crippen LogP) is 5.70. The quantitative estimate of drug-likeness (QED) is 0.666. The third-order valence-electron chi connectivity index (χ3n) is 6.76. The van der Waals surface area contributed by atoms with Gasteiger partial charge in [-0.3, -0.25) is 9.69 Å².